The number of sulfonamides is 1. The van der Waals surface area contributed by atoms with E-state index in [0.29, 0.717) is 26.1 Å². The average molecular weight is 440 g/mol. The van der Waals surface area contributed by atoms with E-state index in [1.807, 2.05) is 24.3 Å². The van der Waals surface area contributed by atoms with Gasteiger partial charge in [-0.2, -0.15) is 0 Å². The van der Waals surface area contributed by atoms with Gasteiger partial charge in [0, 0.05) is 18.8 Å². The zero-order chi connectivity index (χ0) is 15.3. The molecule has 3 N–H and O–H groups in total. The highest BCUT2D eigenvalue weighted by Crippen LogP contribution is 2.15. The average Bonchev–Trinajstić information content (AvgIpc) is 2.79. The lowest BCUT2D eigenvalue weighted by atomic mass is 10.3. The van der Waals surface area contributed by atoms with Crippen LogP contribution in [0.15, 0.2) is 29.3 Å². The second-order valence-electron chi connectivity index (χ2n) is 4.69. The molecule has 1 aromatic rings. The molecule has 0 saturated carbocycles. The standard InChI is InChI=1S/C13H20N4O3S.HI/c1-20-12-5-3-11(4-6-12)16-13(14)15-7-9-17-8-2-10-21(17,18)19;/h3-6H,2,7-10H2,1H3,(H3,14,15,16);1H. The summed E-state index contributed by atoms with van der Waals surface area (Å²) >= 11 is 0. The van der Waals surface area contributed by atoms with Crippen molar-refractivity contribution in [2.75, 3.05) is 37.8 Å². The summed E-state index contributed by atoms with van der Waals surface area (Å²) in [5, 5.41) is 2.94. The highest BCUT2D eigenvalue weighted by molar-refractivity contribution is 14.0. The predicted octanol–water partition coefficient (Wildman–Crippen LogP) is 1.08. The molecular formula is C13H21IN4O3S. The molecule has 124 valence electrons. The lowest BCUT2D eigenvalue weighted by Gasteiger charge is -2.12. The van der Waals surface area contributed by atoms with Gasteiger partial charge >= 0.3 is 0 Å². The van der Waals surface area contributed by atoms with Gasteiger partial charge in [-0.05, 0) is 30.7 Å². The van der Waals surface area contributed by atoms with E-state index in [1.54, 1.807) is 7.11 Å². The minimum Gasteiger partial charge on any atom is -0.497 e. The molecule has 7 nitrogen and oxygen atoms in total. The molecule has 0 amide bonds. The van der Waals surface area contributed by atoms with E-state index in [9.17, 15) is 8.42 Å². The van der Waals surface area contributed by atoms with Crippen molar-refractivity contribution in [3.63, 3.8) is 0 Å². The highest BCUT2D eigenvalue weighted by Gasteiger charge is 2.27. The summed E-state index contributed by atoms with van der Waals surface area (Å²) in [5.41, 5.74) is 6.57. The van der Waals surface area contributed by atoms with E-state index in [0.717, 1.165) is 11.4 Å². The number of aliphatic imine (C=N–C) groups is 1. The Balaban J connectivity index is 0.00000242. The van der Waals surface area contributed by atoms with Gasteiger partial charge in [0.05, 0.1) is 19.4 Å². The minimum atomic E-state index is -3.06. The number of nitrogens with zero attached hydrogens (tertiary/aromatic N) is 2. The van der Waals surface area contributed by atoms with Crippen molar-refractivity contribution in [2.24, 2.45) is 10.7 Å². The molecule has 1 aliphatic heterocycles. The molecule has 0 radical (unpaired) electrons. The van der Waals surface area contributed by atoms with Gasteiger partial charge in [-0.25, -0.2) is 12.7 Å². The Hall–Kier alpha value is -1.07. The van der Waals surface area contributed by atoms with Crippen molar-refractivity contribution >= 4 is 45.6 Å². The number of hydrogen-bond acceptors (Lipinski definition) is 4. The Morgan fingerprint density at radius 3 is 2.64 bits per heavy atom. The fraction of sp³-hybridized carbons (Fsp3) is 0.462. The third kappa shape index (κ3) is 5.29. The van der Waals surface area contributed by atoms with E-state index in [1.165, 1.54) is 4.31 Å². The van der Waals surface area contributed by atoms with E-state index in [4.69, 9.17) is 10.5 Å². The van der Waals surface area contributed by atoms with Crippen molar-refractivity contribution < 1.29 is 13.2 Å². The van der Waals surface area contributed by atoms with Gasteiger partial charge < -0.3 is 15.8 Å². The first kappa shape index (κ1) is 19.0. The van der Waals surface area contributed by atoms with Crippen LogP contribution in [0.3, 0.4) is 0 Å². The summed E-state index contributed by atoms with van der Waals surface area (Å²) in [6, 6.07) is 7.27. The van der Waals surface area contributed by atoms with Crippen molar-refractivity contribution in [3.8, 4) is 5.75 Å². The number of nitrogens with two attached hydrogens (primary N) is 1. The zero-order valence-corrected chi connectivity index (χ0v) is 15.5. The van der Waals surface area contributed by atoms with Gasteiger partial charge in [0.25, 0.3) is 0 Å². The van der Waals surface area contributed by atoms with Gasteiger partial charge in [0.2, 0.25) is 10.0 Å². The van der Waals surface area contributed by atoms with Gasteiger partial charge in [-0.1, -0.05) is 0 Å². The van der Waals surface area contributed by atoms with Gasteiger partial charge in [-0.15, -0.1) is 24.0 Å². The molecule has 0 aromatic heterocycles. The number of ether oxygens (including phenoxy) is 1. The van der Waals surface area contributed by atoms with Crippen molar-refractivity contribution in [1.29, 1.82) is 0 Å². The molecular weight excluding hydrogens is 419 g/mol. The van der Waals surface area contributed by atoms with Crippen LogP contribution in [0, 0.1) is 0 Å². The summed E-state index contributed by atoms with van der Waals surface area (Å²) < 4.78 is 29.7. The molecule has 0 unspecified atom stereocenters. The number of methoxy groups -OCH3 is 1. The van der Waals surface area contributed by atoms with Crippen LogP contribution in [0.25, 0.3) is 0 Å². The fourth-order valence-corrected chi connectivity index (χ4v) is 3.61. The molecule has 9 heteroatoms. The van der Waals surface area contributed by atoms with Crippen LogP contribution in [0.4, 0.5) is 5.69 Å². The molecule has 22 heavy (non-hydrogen) atoms. The van der Waals surface area contributed by atoms with Gasteiger partial charge in [0.15, 0.2) is 5.96 Å². The quantitative estimate of drug-likeness (QED) is 0.406. The summed E-state index contributed by atoms with van der Waals surface area (Å²) in [4.78, 5) is 4.14. The smallest absolute Gasteiger partial charge is 0.214 e. The molecule has 1 aromatic carbocycles. The third-order valence-corrected chi connectivity index (χ3v) is 5.15. The van der Waals surface area contributed by atoms with Crippen LogP contribution in [-0.4, -0.2) is 51.2 Å². The maximum Gasteiger partial charge on any atom is 0.214 e. The number of benzene rings is 1. The van der Waals surface area contributed by atoms with E-state index in [2.05, 4.69) is 10.3 Å². The largest absolute Gasteiger partial charge is 0.497 e. The predicted molar refractivity (Wildman–Crippen MR) is 98.5 cm³/mol. The Morgan fingerprint density at radius 2 is 2.09 bits per heavy atom. The molecule has 0 atom stereocenters. The SMILES string of the molecule is COc1ccc(NC(N)=NCCN2CCCS2(=O)=O)cc1.I. The first-order chi connectivity index (χ1) is 10.0. The van der Waals surface area contributed by atoms with Crippen LogP contribution < -0.4 is 15.8 Å². The number of guanidine groups is 1. The highest BCUT2D eigenvalue weighted by atomic mass is 127. The van der Waals surface area contributed by atoms with E-state index < -0.39 is 10.0 Å². The van der Waals surface area contributed by atoms with Crippen molar-refractivity contribution in [2.45, 2.75) is 6.42 Å². The maximum absolute atomic E-state index is 11.6. The lowest BCUT2D eigenvalue weighted by molar-refractivity contribution is 0.415. The normalized spacial score (nSPS) is 17.8. The molecule has 1 fully saturated rings. The van der Waals surface area contributed by atoms with Crippen molar-refractivity contribution in [3.05, 3.63) is 24.3 Å². The summed E-state index contributed by atoms with van der Waals surface area (Å²) in [6.45, 7) is 1.28. The van der Waals surface area contributed by atoms with Crippen LogP contribution in [0.2, 0.25) is 0 Å². The van der Waals surface area contributed by atoms with Crippen LogP contribution in [0.5, 0.6) is 5.75 Å². The number of halogens is 1. The van der Waals surface area contributed by atoms with Gasteiger partial charge in [-0.3, -0.25) is 4.99 Å². The topological polar surface area (TPSA) is 97.0 Å². The third-order valence-electron chi connectivity index (χ3n) is 3.20. The monoisotopic (exact) mass is 440 g/mol. The molecule has 0 bridgehead atoms. The fourth-order valence-electron chi connectivity index (χ4n) is 2.09. The summed E-state index contributed by atoms with van der Waals surface area (Å²) in [5.74, 6) is 1.25. The molecule has 0 spiro atoms. The van der Waals surface area contributed by atoms with Crippen molar-refractivity contribution in [1.82, 2.24) is 4.31 Å². The number of anilines is 1. The first-order valence-electron chi connectivity index (χ1n) is 6.70. The van der Waals surface area contributed by atoms with Crippen LogP contribution in [-0.2, 0) is 10.0 Å². The molecule has 2 rings (SSSR count). The number of nitrogens with one attached hydrogen (secondary N) is 1. The molecule has 1 saturated heterocycles. The second-order valence-corrected chi connectivity index (χ2v) is 6.78. The maximum atomic E-state index is 11.6. The van der Waals surface area contributed by atoms with Gasteiger partial charge in [0.1, 0.15) is 5.75 Å². The number of hydrogen-bond donors (Lipinski definition) is 2. The molecule has 0 aliphatic carbocycles. The second kappa shape index (κ2) is 8.53. The Labute approximate surface area is 148 Å². The minimum absolute atomic E-state index is 0. The number of rotatable bonds is 5. The van der Waals surface area contributed by atoms with Crippen LogP contribution in [0.1, 0.15) is 6.42 Å². The molecule has 1 heterocycles. The molecule has 1 aliphatic rings. The van der Waals surface area contributed by atoms with E-state index in [-0.39, 0.29) is 35.7 Å². The first-order valence-corrected chi connectivity index (χ1v) is 8.31. The van der Waals surface area contributed by atoms with Crippen LogP contribution >= 0.6 is 24.0 Å². The Morgan fingerprint density at radius 1 is 1.41 bits per heavy atom. The summed E-state index contributed by atoms with van der Waals surface area (Å²) in [6.07, 6.45) is 0.686. The summed E-state index contributed by atoms with van der Waals surface area (Å²) in [7, 11) is -1.46. The zero-order valence-electron chi connectivity index (χ0n) is 12.4. The van der Waals surface area contributed by atoms with E-state index >= 15 is 0 Å². The lowest BCUT2D eigenvalue weighted by Crippen LogP contribution is -2.30. The Kier molecular flexibility index (Phi) is 7.36. The Bertz CT molecular complexity index is 604.